The average Bonchev–Trinajstić information content (AvgIpc) is 3.75. The van der Waals surface area contributed by atoms with Crippen LogP contribution in [0.2, 0.25) is 5.02 Å². The topological polar surface area (TPSA) is 101 Å². The minimum absolute atomic E-state index is 0.121. The van der Waals surface area contributed by atoms with Crippen molar-refractivity contribution >= 4 is 37.4 Å². The van der Waals surface area contributed by atoms with E-state index in [2.05, 4.69) is 4.72 Å². The molecule has 2 aromatic rings. The maximum Gasteiger partial charge on any atom is 0.416 e. The van der Waals surface area contributed by atoms with Gasteiger partial charge < -0.3 is 4.90 Å². The van der Waals surface area contributed by atoms with Gasteiger partial charge >= 0.3 is 6.18 Å². The van der Waals surface area contributed by atoms with Crippen molar-refractivity contribution in [2.45, 2.75) is 73.1 Å². The molecule has 0 aromatic heterocycles. The van der Waals surface area contributed by atoms with Crippen LogP contribution in [0.4, 0.5) is 13.2 Å². The van der Waals surface area contributed by atoms with Crippen LogP contribution >= 0.6 is 11.6 Å². The lowest BCUT2D eigenvalue weighted by atomic mass is 9.85. The van der Waals surface area contributed by atoms with Crippen molar-refractivity contribution in [3.05, 3.63) is 64.7 Å². The van der Waals surface area contributed by atoms with Crippen molar-refractivity contribution in [3.8, 4) is 0 Å². The number of nitrogens with zero attached hydrogens (tertiary/aromatic N) is 1. The number of halogens is 4. The average molecular weight is 621 g/mol. The van der Waals surface area contributed by atoms with Crippen LogP contribution in [0.1, 0.15) is 63.1 Å². The van der Waals surface area contributed by atoms with Gasteiger partial charge in [-0.15, -0.1) is 0 Å². The molecule has 1 N–H and O–H groups in total. The summed E-state index contributed by atoms with van der Waals surface area (Å²) in [6.07, 6.45) is -2.98. The monoisotopic (exact) mass is 620 g/mol. The smallest absolute Gasteiger partial charge is 0.343 e. The normalized spacial score (nSPS) is 18.5. The number of likely N-dealkylation sites (tertiary alicyclic amines) is 1. The molecule has 7 nitrogen and oxygen atoms in total. The Kier molecular flexibility index (Phi) is 8.67. The summed E-state index contributed by atoms with van der Waals surface area (Å²) in [7, 11) is -7.73. The van der Waals surface area contributed by atoms with E-state index in [1.165, 1.54) is 19.9 Å². The van der Waals surface area contributed by atoms with Gasteiger partial charge in [0.25, 0.3) is 0 Å². The maximum atomic E-state index is 13.4. The lowest BCUT2D eigenvalue weighted by molar-refractivity contribution is -0.137. The van der Waals surface area contributed by atoms with E-state index >= 15 is 0 Å². The number of hydrogen-bond acceptors (Lipinski definition) is 5. The standard InChI is InChI=1S/C27H32ClF3N2O5S2/c1-26(2,39(35,36)23-5-3-4-20(16-23)27(29,30)31)19-12-14-33(15-13-19)25(34)17-24(18-6-8-21(28)9-7-18)32-40(37,38)22-10-11-22/h3-9,16,19,22,24,32H,10-15,17H2,1-2H3. The van der Waals surface area contributed by atoms with Gasteiger partial charge in [0.15, 0.2) is 9.84 Å². The number of amides is 1. The molecule has 1 saturated heterocycles. The van der Waals surface area contributed by atoms with Crippen LogP contribution in [0.25, 0.3) is 0 Å². The van der Waals surface area contributed by atoms with Gasteiger partial charge in [-0.25, -0.2) is 21.6 Å². The zero-order valence-electron chi connectivity index (χ0n) is 22.1. The van der Waals surface area contributed by atoms with Crippen LogP contribution in [0, 0.1) is 5.92 Å². The van der Waals surface area contributed by atoms with Crippen LogP contribution in [0.15, 0.2) is 53.4 Å². The Labute approximate surface area is 238 Å². The van der Waals surface area contributed by atoms with E-state index in [-0.39, 0.29) is 30.3 Å². The van der Waals surface area contributed by atoms with Gasteiger partial charge in [-0.05, 0) is 81.3 Å². The van der Waals surface area contributed by atoms with E-state index in [0.717, 1.165) is 12.1 Å². The third-order valence-corrected chi connectivity index (χ3v) is 12.7. The van der Waals surface area contributed by atoms with Crippen LogP contribution in [-0.4, -0.2) is 50.7 Å². The predicted molar refractivity (Wildman–Crippen MR) is 146 cm³/mol. The van der Waals surface area contributed by atoms with E-state index in [9.17, 15) is 34.8 Å². The summed E-state index contributed by atoms with van der Waals surface area (Å²) in [6, 6.07) is 9.55. The Hall–Kier alpha value is -2.15. The number of nitrogens with one attached hydrogen (secondary N) is 1. The van der Waals surface area contributed by atoms with Crippen LogP contribution in [0.5, 0.6) is 0 Å². The number of alkyl halides is 3. The summed E-state index contributed by atoms with van der Waals surface area (Å²) in [5, 5.41) is 0.0119. The minimum Gasteiger partial charge on any atom is -0.343 e. The van der Waals surface area contributed by atoms with Crippen molar-refractivity contribution < 1.29 is 34.8 Å². The number of carbonyl (C=O) groups is 1. The van der Waals surface area contributed by atoms with Gasteiger partial charge in [0.05, 0.1) is 26.5 Å². The summed E-state index contributed by atoms with van der Waals surface area (Å²) >= 11 is 5.98. The Morgan fingerprint density at radius 1 is 1.00 bits per heavy atom. The zero-order chi connectivity index (χ0) is 29.5. The Morgan fingerprint density at radius 2 is 1.60 bits per heavy atom. The Morgan fingerprint density at radius 3 is 2.15 bits per heavy atom. The molecule has 0 radical (unpaired) electrons. The molecule has 2 fully saturated rings. The molecular weight excluding hydrogens is 589 g/mol. The number of benzene rings is 2. The number of rotatable bonds is 9. The first-order chi connectivity index (χ1) is 18.5. The van der Waals surface area contributed by atoms with E-state index in [0.29, 0.717) is 42.3 Å². The van der Waals surface area contributed by atoms with Gasteiger partial charge in [0.2, 0.25) is 15.9 Å². The molecule has 1 aliphatic heterocycles. The van der Waals surface area contributed by atoms with E-state index in [4.69, 9.17) is 11.6 Å². The minimum atomic E-state index is -4.67. The van der Waals surface area contributed by atoms with Crippen molar-refractivity contribution in [3.63, 3.8) is 0 Å². The van der Waals surface area contributed by atoms with Crippen molar-refractivity contribution in [2.24, 2.45) is 5.92 Å². The molecular formula is C27H32ClF3N2O5S2. The van der Waals surface area contributed by atoms with E-state index in [1.807, 2.05) is 0 Å². The van der Waals surface area contributed by atoms with Crippen LogP contribution in [-0.2, 0) is 30.8 Å². The number of sulfone groups is 1. The van der Waals surface area contributed by atoms with Gasteiger partial charge in [0, 0.05) is 24.5 Å². The second-order valence-electron chi connectivity index (χ2n) is 11.0. The van der Waals surface area contributed by atoms with Gasteiger partial charge in [-0.3, -0.25) is 4.79 Å². The molecule has 1 aliphatic carbocycles. The Balaban J connectivity index is 1.45. The second kappa shape index (κ2) is 11.3. The fourth-order valence-corrected chi connectivity index (χ4v) is 8.60. The quantitative estimate of drug-likeness (QED) is 0.407. The second-order valence-corrected chi connectivity index (χ2v) is 15.9. The summed E-state index contributed by atoms with van der Waals surface area (Å²) in [4.78, 5) is 14.5. The van der Waals surface area contributed by atoms with E-state index in [1.54, 1.807) is 29.2 Å². The first-order valence-corrected chi connectivity index (χ1v) is 16.4. The highest BCUT2D eigenvalue weighted by Gasteiger charge is 2.45. The molecule has 1 amide bonds. The predicted octanol–water partition coefficient (Wildman–Crippen LogP) is 5.36. The zero-order valence-corrected chi connectivity index (χ0v) is 24.5. The molecule has 0 spiro atoms. The summed E-state index contributed by atoms with van der Waals surface area (Å²) in [5.41, 5.74) is -0.428. The first-order valence-electron chi connectivity index (χ1n) is 13.0. The van der Waals surface area contributed by atoms with Crippen LogP contribution in [0.3, 0.4) is 0 Å². The number of piperidine rings is 1. The number of hydrogen-bond donors (Lipinski definition) is 1. The van der Waals surface area contributed by atoms with Crippen molar-refractivity contribution in [2.75, 3.05) is 13.1 Å². The molecule has 1 heterocycles. The molecule has 4 rings (SSSR count). The number of sulfonamides is 1. The molecule has 13 heteroatoms. The van der Waals surface area contributed by atoms with Crippen molar-refractivity contribution in [1.82, 2.24) is 9.62 Å². The SMILES string of the molecule is CC(C)(C1CCN(C(=O)CC(NS(=O)(=O)C2CC2)c2ccc(Cl)cc2)CC1)S(=O)(=O)c1cccc(C(F)(F)F)c1. The van der Waals surface area contributed by atoms with Gasteiger partial charge in [0.1, 0.15) is 0 Å². The third kappa shape index (κ3) is 6.66. The molecule has 2 aliphatic rings. The fraction of sp³-hybridized carbons (Fsp3) is 0.519. The third-order valence-electron chi connectivity index (χ3n) is 7.92. The highest BCUT2D eigenvalue weighted by Crippen LogP contribution is 2.40. The molecule has 0 bridgehead atoms. The lowest BCUT2D eigenvalue weighted by Gasteiger charge is -2.40. The molecule has 40 heavy (non-hydrogen) atoms. The molecule has 220 valence electrons. The highest BCUT2D eigenvalue weighted by atomic mass is 35.5. The first kappa shape index (κ1) is 30.8. The highest BCUT2D eigenvalue weighted by molar-refractivity contribution is 7.92. The summed E-state index contributed by atoms with van der Waals surface area (Å²) < 4.78 is 93.1. The van der Waals surface area contributed by atoms with E-state index < -0.39 is 53.6 Å². The molecule has 1 saturated carbocycles. The number of carbonyl (C=O) groups excluding carboxylic acids is 1. The Bertz CT molecular complexity index is 1450. The van der Waals surface area contributed by atoms with Crippen molar-refractivity contribution in [1.29, 1.82) is 0 Å². The fourth-order valence-electron chi connectivity index (χ4n) is 5.09. The van der Waals surface area contributed by atoms with Gasteiger partial charge in [-0.2, -0.15) is 13.2 Å². The lowest BCUT2D eigenvalue weighted by Crippen LogP contribution is -2.48. The van der Waals surface area contributed by atoms with Gasteiger partial charge in [-0.1, -0.05) is 29.8 Å². The van der Waals surface area contributed by atoms with Crippen LogP contribution < -0.4 is 4.72 Å². The molecule has 1 atom stereocenters. The summed E-state index contributed by atoms with van der Waals surface area (Å²) in [6.45, 7) is 3.50. The molecule has 1 unspecified atom stereocenters. The largest absolute Gasteiger partial charge is 0.416 e. The maximum absolute atomic E-state index is 13.4. The molecule has 2 aromatic carbocycles. The summed E-state index contributed by atoms with van der Waals surface area (Å²) in [5.74, 6) is -0.688.